The quantitative estimate of drug-likeness (QED) is 0.783. The fourth-order valence-corrected chi connectivity index (χ4v) is 3.82. The fourth-order valence-electron chi connectivity index (χ4n) is 2.32. The summed E-state index contributed by atoms with van der Waals surface area (Å²) in [5, 5.41) is 5.68. The van der Waals surface area contributed by atoms with E-state index in [1.165, 1.54) is 36.0 Å². The van der Waals surface area contributed by atoms with Gasteiger partial charge in [0.2, 0.25) is 10.0 Å². The summed E-state index contributed by atoms with van der Waals surface area (Å²) in [6.45, 7) is 1.36. The minimum Gasteiger partial charge on any atom is -0.310 e. The molecule has 0 radical (unpaired) electrons. The lowest BCUT2D eigenvalue weighted by Crippen LogP contribution is -2.29. The zero-order valence-corrected chi connectivity index (χ0v) is 12.2. The maximum atomic E-state index is 10.9. The van der Waals surface area contributed by atoms with Gasteiger partial charge in [-0.05, 0) is 49.2 Å². The lowest BCUT2D eigenvalue weighted by Gasteiger charge is -2.23. The van der Waals surface area contributed by atoms with E-state index < -0.39 is 10.0 Å². The molecule has 0 amide bonds. The van der Waals surface area contributed by atoms with Crippen LogP contribution in [0.2, 0.25) is 0 Å². The average Bonchev–Trinajstić information content (AvgIpc) is 2.75. The summed E-state index contributed by atoms with van der Waals surface area (Å²) in [4.78, 5) is 1.51. The number of nitrogens with one attached hydrogen (secondary N) is 2. The van der Waals surface area contributed by atoms with E-state index in [1.807, 2.05) is 11.3 Å². The normalized spacial score (nSPS) is 19.7. The monoisotopic (exact) mass is 288 g/mol. The molecule has 1 aliphatic rings. The van der Waals surface area contributed by atoms with Gasteiger partial charge >= 0.3 is 0 Å². The van der Waals surface area contributed by atoms with Gasteiger partial charge in [0.25, 0.3) is 0 Å². The van der Waals surface area contributed by atoms with E-state index in [0.717, 1.165) is 13.0 Å². The van der Waals surface area contributed by atoms with E-state index in [4.69, 9.17) is 0 Å². The van der Waals surface area contributed by atoms with Crippen molar-refractivity contribution in [2.45, 2.75) is 31.7 Å². The van der Waals surface area contributed by atoms with Crippen LogP contribution in [0.3, 0.4) is 0 Å². The Kier molecular flexibility index (Phi) is 4.77. The van der Waals surface area contributed by atoms with Crippen LogP contribution in [-0.2, 0) is 16.4 Å². The Hall–Kier alpha value is -0.430. The van der Waals surface area contributed by atoms with E-state index in [1.54, 1.807) is 0 Å². The average molecular weight is 288 g/mol. The third-order valence-electron chi connectivity index (χ3n) is 3.16. The molecule has 4 nitrogen and oxygen atoms in total. The van der Waals surface area contributed by atoms with Gasteiger partial charge in [-0.15, -0.1) is 11.3 Å². The minimum absolute atomic E-state index is 0.457. The van der Waals surface area contributed by atoms with Crippen LogP contribution < -0.4 is 10.0 Å². The number of rotatable bonds is 6. The van der Waals surface area contributed by atoms with Crippen molar-refractivity contribution >= 4 is 21.4 Å². The highest BCUT2D eigenvalue weighted by atomic mass is 32.2. The van der Waals surface area contributed by atoms with Crippen LogP contribution in [-0.4, -0.2) is 27.8 Å². The van der Waals surface area contributed by atoms with Gasteiger partial charge in [0, 0.05) is 17.5 Å². The summed E-state index contributed by atoms with van der Waals surface area (Å²) >= 11 is 1.84. The number of aryl methyl sites for hydroxylation is 1. The minimum atomic E-state index is -3.05. The molecule has 1 unspecified atom stereocenters. The Bertz CT molecular complexity index is 482. The SMILES string of the molecule is CS(=O)(=O)NCCCNC1CCCc2sccc21. The molecule has 1 aromatic heterocycles. The second kappa shape index (κ2) is 6.14. The largest absolute Gasteiger partial charge is 0.310 e. The smallest absolute Gasteiger partial charge is 0.208 e. The first kappa shape index (κ1) is 14.0. The number of thiophene rings is 1. The molecule has 1 atom stereocenters. The second-order valence-corrected chi connectivity index (χ2v) is 7.55. The third-order valence-corrected chi connectivity index (χ3v) is 4.89. The predicted molar refractivity (Wildman–Crippen MR) is 75.5 cm³/mol. The van der Waals surface area contributed by atoms with Crippen molar-refractivity contribution in [2.24, 2.45) is 0 Å². The Morgan fingerprint density at radius 3 is 3.06 bits per heavy atom. The van der Waals surface area contributed by atoms with Crippen LogP contribution in [0.1, 0.15) is 35.7 Å². The topological polar surface area (TPSA) is 58.2 Å². The number of sulfonamides is 1. The highest BCUT2D eigenvalue weighted by Gasteiger charge is 2.20. The van der Waals surface area contributed by atoms with Crippen LogP contribution in [0.25, 0.3) is 0 Å². The molecule has 0 saturated carbocycles. The molecule has 2 N–H and O–H groups in total. The van der Waals surface area contributed by atoms with Crippen molar-refractivity contribution in [1.29, 1.82) is 0 Å². The van der Waals surface area contributed by atoms with Gasteiger partial charge in [-0.3, -0.25) is 0 Å². The van der Waals surface area contributed by atoms with Crippen LogP contribution >= 0.6 is 11.3 Å². The van der Waals surface area contributed by atoms with Crippen molar-refractivity contribution in [1.82, 2.24) is 10.0 Å². The Labute approximate surface area is 113 Å². The maximum Gasteiger partial charge on any atom is 0.208 e. The van der Waals surface area contributed by atoms with Crippen molar-refractivity contribution < 1.29 is 8.42 Å². The zero-order chi connectivity index (χ0) is 13.0. The molecule has 1 aliphatic carbocycles. The van der Waals surface area contributed by atoms with Gasteiger partial charge < -0.3 is 5.32 Å². The fraction of sp³-hybridized carbons (Fsp3) is 0.667. The third kappa shape index (κ3) is 4.05. The molecular weight excluding hydrogens is 268 g/mol. The van der Waals surface area contributed by atoms with Gasteiger partial charge in [-0.1, -0.05) is 0 Å². The molecule has 18 heavy (non-hydrogen) atoms. The van der Waals surface area contributed by atoms with E-state index in [0.29, 0.717) is 12.6 Å². The van der Waals surface area contributed by atoms with E-state index in [9.17, 15) is 8.42 Å². The lowest BCUT2D eigenvalue weighted by molar-refractivity contribution is 0.459. The number of hydrogen-bond donors (Lipinski definition) is 2. The molecule has 0 spiro atoms. The highest BCUT2D eigenvalue weighted by Crippen LogP contribution is 2.32. The standard InChI is InChI=1S/C12H20N2O2S2/c1-18(15,16)14-8-3-7-13-11-4-2-5-12-10(11)6-9-17-12/h6,9,11,13-14H,2-5,7-8H2,1H3. The van der Waals surface area contributed by atoms with E-state index >= 15 is 0 Å². The first-order valence-corrected chi connectivity index (χ1v) is 9.07. The maximum absolute atomic E-state index is 10.9. The van der Waals surface area contributed by atoms with Crippen molar-refractivity contribution in [3.05, 3.63) is 21.9 Å². The number of fused-ring (bicyclic) bond motifs is 1. The Balaban J connectivity index is 1.72. The molecule has 0 saturated heterocycles. The Morgan fingerprint density at radius 1 is 1.44 bits per heavy atom. The van der Waals surface area contributed by atoms with Crippen LogP contribution in [0.15, 0.2) is 11.4 Å². The first-order chi connectivity index (χ1) is 8.56. The molecule has 0 aliphatic heterocycles. The van der Waals surface area contributed by atoms with Crippen LogP contribution in [0.5, 0.6) is 0 Å². The van der Waals surface area contributed by atoms with Crippen molar-refractivity contribution in [3.63, 3.8) is 0 Å². The molecule has 0 fully saturated rings. The molecule has 0 bridgehead atoms. The van der Waals surface area contributed by atoms with Crippen molar-refractivity contribution in [3.8, 4) is 0 Å². The van der Waals surface area contributed by atoms with Crippen molar-refractivity contribution in [2.75, 3.05) is 19.3 Å². The summed E-state index contributed by atoms with van der Waals surface area (Å²) < 4.78 is 24.3. The van der Waals surface area contributed by atoms with Gasteiger partial charge in [0.05, 0.1) is 6.26 Å². The molecule has 2 rings (SSSR count). The molecular formula is C12H20N2O2S2. The second-order valence-electron chi connectivity index (χ2n) is 4.72. The summed E-state index contributed by atoms with van der Waals surface area (Å²) in [5.41, 5.74) is 1.45. The highest BCUT2D eigenvalue weighted by molar-refractivity contribution is 7.88. The van der Waals surface area contributed by atoms with E-state index in [2.05, 4.69) is 21.5 Å². The van der Waals surface area contributed by atoms with Gasteiger partial charge in [0.1, 0.15) is 0 Å². The van der Waals surface area contributed by atoms with E-state index in [-0.39, 0.29) is 0 Å². The Morgan fingerprint density at radius 2 is 2.28 bits per heavy atom. The molecule has 1 aromatic rings. The van der Waals surface area contributed by atoms with Gasteiger partial charge in [0.15, 0.2) is 0 Å². The zero-order valence-electron chi connectivity index (χ0n) is 10.6. The first-order valence-electron chi connectivity index (χ1n) is 6.30. The molecule has 0 aromatic carbocycles. The molecule has 102 valence electrons. The predicted octanol–water partition coefficient (Wildman–Crippen LogP) is 1.65. The molecule has 6 heteroatoms. The van der Waals surface area contributed by atoms with Gasteiger partial charge in [-0.2, -0.15) is 0 Å². The summed E-state index contributed by atoms with van der Waals surface area (Å²) in [6.07, 6.45) is 5.65. The lowest BCUT2D eigenvalue weighted by atomic mass is 9.94. The van der Waals surface area contributed by atoms with Crippen LogP contribution in [0, 0.1) is 0 Å². The summed E-state index contributed by atoms with van der Waals surface area (Å²) in [5.74, 6) is 0. The summed E-state index contributed by atoms with van der Waals surface area (Å²) in [6, 6.07) is 2.67. The summed E-state index contributed by atoms with van der Waals surface area (Å²) in [7, 11) is -3.05. The van der Waals surface area contributed by atoms with Gasteiger partial charge in [-0.25, -0.2) is 13.1 Å². The number of hydrogen-bond acceptors (Lipinski definition) is 4. The van der Waals surface area contributed by atoms with Crippen LogP contribution in [0.4, 0.5) is 0 Å². The molecule has 1 heterocycles.